The summed E-state index contributed by atoms with van der Waals surface area (Å²) in [5, 5.41) is 18.6. The van der Waals surface area contributed by atoms with Crippen LogP contribution >= 0.6 is 0 Å². The molecular weight excluding hydrogens is 256 g/mol. The summed E-state index contributed by atoms with van der Waals surface area (Å²) in [5.41, 5.74) is -0.765. The number of hydrogen-bond donors (Lipinski definition) is 4. The Hall–Kier alpha value is -1.97. The average molecular weight is 268 g/mol. The summed E-state index contributed by atoms with van der Waals surface area (Å²) in [5.74, 6) is 0. The van der Waals surface area contributed by atoms with E-state index in [0.717, 1.165) is 0 Å². The highest BCUT2D eigenvalue weighted by Crippen LogP contribution is 2.27. The van der Waals surface area contributed by atoms with Crippen molar-refractivity contribution in [3.63, 3.8) is 0 Å². The highest BCUT2D eigenvalue weighted by atomic mass is 16.5. The van der Waals surface area contributed by atoms with Crippen LogP contribution in [0.5, 0.6) is 0 Å². The summed E-state index contributed by atoms with van der Waals surface area (Å²) in [4.78, 5) is 31.9. The zero-order valence-corrected chi connectivity index (χ0v) is 9.74. The quantitative estimate of drug-likeness (QED) is 0.500. The minimum absolute atomic E-state index is 0.0537. The van der Waals surface area contributed by atoms with Crippen LogP contribution < -0.4 is 11.2 Å². The van der Waals surface area contributed by atoms with Crippen LogP contribution in [0.1, 0.15) is 12.6 Å². The van der Waals surface area contributed by atoms with Crippen molar-refractivity contribution in [2.75, 3.05) is 6.61 Å². The van der Waals surface area contributed by atoms with Crippen LogP contribution in [-0.2, 0) is 4.74 Å². The lowest BCUT2D eigenvalue weighted by molar-refractivity contribution is -0.0456. The molecule has 1 saturated heterocycles. The third kappa shape index (κ3) is 1.87. The first-order chi connectivity index (χ1) is 9.10. The number of ether oxygens (including phenoxy) is 1. The predicted octanol–water partition coefficient (Wildman–Crippen LogP) is -1.95. The van der Waals surface area contributed by atoms with E-state index in [0.29, 0.717) is 0 Å². The molecule has 3 rings (SSSR count). The molecule has 0 saturated carbocycles. The van der Waals surface area contributed by atoms with E-state index in [1.807, 2.05) is 0 Å². The Morgan fingerprint density at radius 2 is 2.26 bits per heavy atom. The normalized spacial score (nSPS) is 27.2. The SMILES string of the molecule is O=c1[nH]c2ncn(C3C[C@H](O)[C@@H](CO)O3)c(=O)c2[nH]1. The van der Waals surface area contributed by atoms with E-state index in [4.69, 9.17) is 9.84 Å². The first-order valence-corrected chi connectivity index (χ1v) is 5.73. The molecule has 0 radical (unpaired) electrons. The molecule has 1 unspecified atom stereocenters. The Morgan fingerprint density at radius 1 is 1.47 bits per heavy atom. The zero-order chi connectivity index (χ0) is 13.6. The molecule has 3 atom stereocenters. The molecule has 9 heteroatoms. The molecule has 3 heterocycles. The maximum Gasteiger partial charge on any atom is 0.325 e. The van der Waals surface area contributed by atoms with Gasteiger partial charge in [-0.3, -0.25) is 19.3 Å². The van der Waals surface area contributed by atoms with E-state index in [-0.39, 0.29) is 24.2 Å². The van der Waals surface area contributed by atoms with Crippen LogP contribution in [0.4, 0.5) is 0 Å². The van der Waals surface area contributed by atoms with Crippen molar-refractivity contribution in [3.8, 4) is 0 Å². The molecule has 0 amide bonds. The van der Waals surface area contributed by atoms with Gasteiger partial charge in [0.1, 0.15) is 18.7 Å². The Morgan fingerprint density at radius 3 is 2.95 bits per heavy atom. The second-order valence-electron chi connectivity index (χ2n) is 4.37. The summed E-state index contributed by atoms with van der Waals surface area (Å²) in [7, 11) is 0. The van der Waals surface area contributed by atoms with Crippen LogP contribution in [0, 0.1) is 0 Å². The fourth-order valence-corrected chi connectivity index (χ4v) is 2.18. The van der Waals surface area contributed by atoms with E-state index in [1.54, 1.807) is 0 Å². The van der Waals surface area contributed by atoms with Gasteiger partial charge in [-0.15, -0.1) is 0 Å². The van der Waals surface area contributed by atoms with E-state index in [2.05, 4.69) is 15.0 Å². The number of nitrogens with one attached hydrogen (secondary N) is 2. The highest BCUT2D eigenvalue weighted by Gasteiger charge is 2.35. The van der Waals surface area contributed by atoms with Gasteiger partial charge in [-0.05, 0) is 0 Å². The second-order valence-corrected chi connectivity index (χ2v) is 4.37. The van der Waals surface area contributed by atoms with E-state index in [1.165, 1.54) is 10.9 Å². The van der Waals surface area contributed by atoms with Crippen LogP contribution in [0.2, 0.25) is 0 Å². The number of rotatable bonds is 2. The van der Waals surface area contributed by atoms with Crippen molar-refractivity contribution < 1.29 is 14.9 Å². The molecule has 0 spiro atoms. The number of fused-ring (bicyclic) bond motifs is 1. The number of nitrogens with zero attached hydrogens (tertiary/aromatic N) is 2. The molecule has 0 bridgehead atoms. The van der Waals surface area contributed by atoms with Gasteiger partial charge < -0.3 is 14.9 Å². The molecule has 1 aliphatic heterocycles. The molecule has 2 aromatic heterocycles. The van der Waals surface area contributed by atoms with Gasteiger partial charge in [-0.2, -0.15) is 0 Å². The van der Waals surface area contributed by atoms with E-state index in [9.17, 15) is 14.7 Å². The lowest BCUT2D eigenvalue weighted by Crippen LogP contribution is -2.26. The number of aliphatic hydroxyl groups is 2. The molecule has 0 aromatic carbocycles. The van der Waals surface area contributed by atoms with Gasteiger partial charge in [-0.1, -0.05) is 0 Å². The molecule has 0 aliphatic carbocycles. The van der Waals surface area contributed by atoms with Crippen molar-refractivity contribution in [3.05, 3.63) is 27.2 Å². The molecule has 2 aromatic rings. The van der Waals surface area contributed by atoms with Crippen molar-refractivity contribution in [1.82, 2.24) is 19.5 Å². The van der Waals surface area contributed by atoms with Crippen molar-refractivity contribution in [1.29, 1.82) is 0 Å². The first-order valence-electron chi connectivity index (χ1n) is 5.73. The number of hydrogen-bond acceptors (Lipinski definition) is 6. The third-order valence-electron chi connectivity index (χ3n) is 3.16. The summed E-state index contributed by atoms with van der Waals surface area (Å²) < 4.78 is 6.55. The Kier molecular flexibility index (Phi) is 2.73. The monoisotopic (exact) mass is 268 g/mol. The Labute approximate surface area is 105 Å². The highest BCUT2D eigenvalue weighted by molar-refractivity contribution is 5.67. The van der Waals surface area contributed by atoms with Gasteiger partial charge in [0.2, 0.25) is 0 Å². The van der Waals surface area contributed by atoms with Gasteiger partial charge in [0, 0.05) is 6.42 Å². The smallest absolute Gasteiger partial charge is 0.325 e. The van der Waals surface area contributed by atoms with Crippen LogP contribution in [-0.4, -0.2) is 48.5 Å². The van der Waals surface area contributed by atoms with Gasteiger partial charge >= 0.3 is 5.69 Å². The number of aliphatic hydroxyl groups excluding tert-OH is 2. The van der Waals surface area contributed by atoms with Crippen molar-refractivity contribution in [2.45, 2.75) is 24.9 Å². The summed E-state index contributed by atoms with van der Waals surface area (Å²) >= 11 is 0. The van der Waals surface area contributed by atoms with Gasteiger partial charge in [-0.25, -0.2) is 9.78 Å². The molecular formula is C10H12N4O5. The standard InChI is InChI=1S/C10H12N4O5/c15-2-5-4(16)1-6(19-5)14-3-11-8-7(9(14)17)12-10(18)13-8/h3-6,15-16H,1-2H2,(H2,12,13,18)/t4-,5+,6?/m0/s1. The summed E-state index contributed by atoms with van der Waals surface area (Å²) in [6.07, 6.45) is -0.867. The molecule has 4 N–H and O–H groups in total. The fourth-order valence-electron chi connectivity index (χ4n) is 2.18. The maximum absolute atomic E-state index is 12.1. The van der Waals surface area contributed by atoms with Gasteiger partial charge in [0.25, 0.3) is 5.56 Å². The Balaban J connectivity index is 2.04. The van der Waals surface area contributed by atoms with Crippen LogP contribution in [0.15, 0.2) is 15.9 Å². The molecule has 9 nitrogen and oxygen atoms in total. The minimum atomic E-state index is -0.845. The first kappa shape index (κ1) is 12.1. The number of aromatic nitrogens is 4. The van der Waals surface area contributed by atoms with E-state index >= 15 is 0 Å². The molecule has 19 heavy (non-hydrogen) atoms. The summed E-state index contributed by atoms with van der Waals surface area (Å²) in [6.45, 7) is -0.330. The lowest BCUT2D eigenvalue weighted by atomic mass is 10.2. The second kappa shape index (κ2) is 4.30. The van der Waals surface area contributed by atoms with Crippen molar-refractivity contribution in [2.24, 2.45) is 0 Å². The van der Waals surface area contributed by atoms with Crippen LogP contribution in [0.25, 0.3) is 11.2 Å². The van der Waals surface area contributed by atoms with Gasteiger partial charge in [0.15, 0.2) is 11.2 Å². The van der Waals surface area contributed by atoms with Crippen molar-refractivity contribution >= 4 is 11.2 Å². The fraction of sp³-hybridized carbons (Fsp3) is 0.500. The number of aromatic amines is 2. The Bertz CT molecular complexity index is 717. The average Bonchev–Trinajstić information content (AvgIpc) is 2.92. The minimum Gasteiger partial charge on any atom is -0.394 e. The molecule has 1 fully saturated rings. The predicted molar refractivity (Wildman–Crippen MR) is 62.6 cm³/mol. The topological polar surface area (TPSA) is 133 Å². The van der Waals surface area contributed by atoms with E-state index < -0.39 is 29.7 Å². The lowest BCUT2D eigenvalue weighted by Gasteiger charge is -2.13. The largest absolute Gasteiger partial charge is 0.394 e. The molecule has 102 valence electrons. The third-order valence-corrected chi connectivity index (χ3v) is 3.16. The summed E-state index contributed by atoms with van der Waals surface area (Å²) in [6, 6.07) is 0. The number of imidazole rings is 1. The van der Waals surface area contributed by atoms with Crippen LogP contribution in [0.3, 0.4) is 0 Å². The molecule has 1 aliphatic rings. The number of H-pyrrole nitrogens is 2. The zero-order valence-electron chi connectivity index (χ0n) is 9.74. The maximum atomic E-state index is 12.1. The van der Waals surface area contributed by atoms with Gasteiger partial charge in [0.05, 0.1) is 12.7 Å².